The van der Waals surface area contributed by atoms with Crippen molar-refractivity contribution in [3.63, 3.8) is 0 Å². The lowest BCUT2D eigenvalue weighted by Gasteiger charge is -2.24. The van der Waals surface area contributed by atoms with Crippen molar-refractivity contribution in [1.29, 1.82) is 0 Å². The van der Waals surface area contributed by atoms with Gasteiger partial charge in [0, 0.05) is 24.9 Å². The largest absolute Gasteiger partial charge is 0.389 e. The molecule has 1 unspecified atom stereocenters. The Morgan fingerprint density at radius 2 is 1.92 bits per heavy atom. The van der Waals surface area contributed by atoms with Gasteiger partial charge in [-0.05, 0) is 24.5 Å². The van der Waals surface area contributed by atoms with Crippen molar-refractivity contribution in [2.75, 3.05) is 18.0 Å². The molecule has 0 saturated carbocycles. The number of aromatic nitrogens is 2. The zero-order chi connectivity index (χ0) is 17.2. The Labute approximate surface area is 138 Å². The van der Waals surface area contributed by atoms with Crippen molar-refractivity contribution < 1.29 is 18.3 Å². The van der Waals surface area contributed by atoms with E-state index >= 15 is 0 Å². The summed E-state index contributed by atoms with van der Waals surface area (Å²) in [6, 6.07) is 10.8. The molecule has 1 N–H and O–H groups in total. The Morgan fingerprint density at radius 1 is 1.17 bits per heavy atom. The van der Waals surface area contributed by atoms with Gasteiger partial charge in [0.1, 0.15) is 5.60 Å². The molecule has 1 atom stereocenters. The van der Waals surface area contributed by atoms with E-state index in [-0.39, 0.29) is 6.42 Å². The molecule has 24 heavy (non-hydrogen) atoms. The summed E-state index contributed by atoms with van der Waals surface area (Å²) in [7, 11) is 0. The fourth-order valence-electron chi connectivity index (χ4n) is 2.89. The normalized spacial score (nSPS) is 21.2. The standard InChI is InChI=1S/C17H18F3N3O/c18-17(19,20)8-6-14-7-10-21-15(22-14)23-11-9-16(24,12-23)13-4-2-1-3-5-13/h1-5,7,10,24H,6,8-9,11-12H2. The van der Waals surface area contributed by atoms with Crippen LogP contribution in [-0.4, -0.2) is 34.3 Å². The molecule has 0 amide bonds. The van der Waals surface area contributed by atoms with Gasteiger partial charge < -0.3 is 10.0 Å². The summed E-state index contributed by atoms with van der Waals surface area (Å²) in [6.07, 6.45) is -3.29. The Kier molecular flexibility index (Phi) is 4.45. The van der Waals surface area contributed by atoms with E-state index in [0.29, 0.717) is 31.2 Å². The molecule has 2 aromatic rings. The molecule has 3 rings (SSSR count). The van der Waals surface area contributed by atoms with Crippen LogP contribution in [0.5, 0.6) is 0 Å². The van der Waals surface area contributed by atoms with E-state index in [1.54, 1.807) is 0 Å². The van der Waals surface area contributed by atoms with Gasteiger partial charge in [-0.25, -0.2) is 9.97 Å². The Morgan fingerprint density at radius 3 is 2.62 bits per heavy atom. The van der Waals surface area contributed by atoms with Crippen molar-refractivity contribution in [3.05, 3.63) is 53.9 Å². The summed E-state index contributed by atoms with van der Waals surface area (Å²) < 4.78 is 37.0. The maximum atomic E-state index is 12.3. The summed E-state index contributed by atoms with van der Waals surface area (Å²) in [5.41, 5.74) is 0.181. The Hall–Kier alpha value is -2.15. The molecule has 1 aliphatic heterocycles. The van der Waals surface area contributed by atoms with Gasteiger partial charge in [-0.2, -0.15) is 13.2 Å². The van der Waals surface area contributed by atoms with Crippen LogP contribution >= 0.6 is 0 Å². The highest BCUT2D eigenvalue weighted by Gasteiger charge is 2.38. The highest BCUT2D eigenvalue weighted by atomic mass is 19.4. The summed E-state index contributed by atoms with van der Waals surface area (Å²) in [5.74, 6) is 0.363. The number of hydrogen-bond donors (Lipinski definition) is 1. The highest BCUT2D eigenvalue weighted by Crippen LogP contribution is 2.33. The second-order valence-electron chi connectivity index (χ2n) is 6.03. The number of benzene rings is 1. The highest BCUT2D eigenvalue weighted by molar-refractivity contribution is 5.37. The van der Waals surface area contributed by atoms with E-state index in [4.69, 9.17) is 0 Å². The van der Waals surface area contributed by atoms with Crippen molar-refractivity contribution in [2.24, 2.45) is 0 Å². The number of rotatable bonds is 4. The molecule has 0 aliphatic carbocycles. The molecule has 1 aliphatic rings. The SMILES string of the molecule is OC1(c2ccccc2)CCN(c2nccc(CCC(F)(F)F)n2)C1. The fraction of sp³-hybridized carbons (Fsp3) is 0.412. The number of halogens is 3. The van der Waals surface area contributed by atoms with Crippen LogP contribution in [0.3, 0.4) is 0 Å². The molecule has 0 spiro atoms. The molecule has 128 valence electrons. The third-order valence-corrected chi connectivity index (χ3v) is 4.21. The van der Waals surface area contributed by atoms with Gasteiger partial charge in [0.15, 0.2) is 0 Å². The van der Waals surface area contributed by atoms with Gasteiger partial charge in [0.2, 0.25) is 5.95 Å². The molecule has 2 heterocycles. The first-order valence-corrected chi connectivity index (χ1v) is 7.77. The molecule has 0 bridgehead atoms. The predicted octanol–water partition coefficient (Wildman–Crippen LogP) is 3.07. The minimum atomic E-state index is -4.20. The molecule has 0 radical (unpaired) electrons. The van der Waals surface area contributed by atoms with Gasteiger partial charge >= 0.3 is 6.18 Å². The van der Waals surface area contributed by atoms with Crippen LogP contribution in [0.25, 0.3) is 0 Å². The number of aryl methyl sites for hydroxylation is 1. The van der Waals surface area contributed by atoms with Crippen LogP contribution in [0.15, 0.2) is 42.6 Å². The average molecular weight is 337 g/mol. The van der Waals surface area contributed by atoms with E-state index < -0.39 is 18.2 Å². The van der Waals surface area contributed by atoms with Crippen molar-refractivity contribution in [3.8, 4) is 0 Å². The minimum absolute atomic E-state index is 0.171. The molecular weight excluding hydrogens is 319 g/mol. The van der Waals surface area contributed by atoms with Gasteiger partial charge in [-0.15, -0.1) is 0 Å². The number of aliphatic hydroxyl groups is 1. The molecule has 1 aromatic carbocycles. The van der Waals surface area contributed by atoms with E-state index in [1.807, 2.05) is 35.2 Å². The zero-order valence-corrected chi connectivity index (χ0v) is 13.0. The lowest BCUT2D eigenvalue weighted by atomic mass is 9.93. The molecule has 1 fully saturated rings. The van der Waals surface area contributed by atoms with E-state index in [2.05, 4.69) is 9.97 Å². The van der Waals surface area contributed by atoms with Crippen LogP contribution in [0.4, 0.5) is 19.1 Å². The fourth-order valence-corrected chi connectivity index (χ4v) is 2.89. The third kappa shape index (κ3) is 3.84. The Bertz CT molecular complexity index is 693. The average Bonchev–Trinajstić information content (AvgIpc) is 2.97. The summed E-state index contributed by atoms with van der Waals surface area (Å²) in [4.78, 5) is 10.2. The quantitative estimate of drug-likeness (QED) is 0.932. The molecule has 1 saturated heterocycles. The van der Waals surface area contributed by atoms with Gasteiger partial charge in [0.25, 0.3) is 0 Å². The second kappa shape index (κ2) is 6.39. The molecule has 1 aromatic heterocycles. The third-order valence-electron chi connectivity index (χ3n) is 4.21. The topological polar surface area (TPSA) is 49.2 Å². The number of β-amino-alcohol motifs (C(OH)–C–C–N with tert-alkyl or cyclic N) is 1. The predicted molar refractivity (Wildman–Crippen MR) is 83.6 cm³/mol. The van der Waals surface area contributed by atoms with Crippen LogP contribution in [0.1, 0.15) is 24.1 Å². The lowest BCUT2D eigenvalue weighted by Crippen LogP contribution is -2.31. The van der Waals surface area contributed by atoms with E-state index in [0.717, 1.165) is 5.56 Å². The van der Waals surface area contributed by atoms with Gasteiger partial charge in [0.05, 0.1) is 6.54 Å². The summed E-state index contributed by atoms with van der Waals surface area (Å²) in [5, 5.41) is 10.8. The lowest BCUT2D eigenvalue weighted by molar-refractivity contribution is -0.134. The van der Waals surface area contributed by atoms with Crippen LogP contribution in [-0.2, 0) is 12.0 Å². The van der Waals surface area contributed by atoms with Gasteiger partial charge in [-0.1, -0.05) is 30.3 Å². The summed E-state index contributed by atoms with van der Waals surface area (Å²) in [6.45, 7) is 0.869. The number of anilines is 1. The molecular formula is C17H18F3N3O. The van der Waals surface area contributed by atoms with Crippen molar-refractivity contribution in [2.45, 2.75) is 31.0 Å². The zero-order valence-electron chi connectivity index (χ0n) is 13.0. The van der Waals surface area contributed by atoms with Crippen molar-refractivity contribution >= 4 is 5.95 Å². The monoisotopic (exact) mass is 337 g/mol. The maximum absolute atomic E-state index is 12.3. The minimum Gasteiger partial charge on any atom is -0.383 e. The smallest absolute Gasteiger partial charge is 0.383 e. The van der Waals surface area contributed by atoms with Crippen LogP contribution in [0, 0.1) is 0 Å². The van der Waals surface area contributed by atoms with E-state index in [1.165, 1.54) is 12.3 Å². The van der Waals surface area contributed by atoms with Crippen LogP contribution < -0.4 is 4.90 Å². The Balaban J connectivity index is 1.72. The first kappa shape index (κ1) is 16.7. The van der Waals surface area contributed by atoms with Crippen molar-refractivity contribution in [1.82, 2.24) is 9.97 Å². The first-order valence-electron chi connectivity index (χ1n) is 7.77. The van der Waals surface area contributed by atoms with E-state index in [9.17, 15) is 18.3 Å². The number of nitrogens with zero attached hydrogens (tertiary/aromatic N) is 3. The summed E-state index contributed by atoms with van der Waals surface area (Å²) >= 11 is 0. The number of alkyl halides is 3. The first-order chi connectivity index (χ1) is 11.4. The molecule has 7 heteroatoms. The van der Waals surface area contributed by atoms with Crippen LogP contribution in [0.2, 0.25) is 0 Å². The number of hydrogen-bond acceptors (Lipinski definition) is 4. The molecule has 4 nitrogen and oxygen atoms in total. The maximum Gasteiger partial charge on any atom is 0.389 e. The van der Waals surface area contributed by atoms with Gasteiger partial charge in [-0.3, -0.25) is 0 Å². The second-order valence-corrected chi connectivity index (χ2v) is 6.03.